The van der Waals surface area contributed by atoms with Crippen LogP contribution < -0.4 is 0 Å². The van der Waals surface area contributed by atoms with Gasteiger partial charge in [-0.2, -0.15) is 0 Å². The minimum absolute atomic E-state index is 0.267. The molecule has 2 heterocycles. The molecule has 0 saturated carbocycles. The van der Waals surface area contributed by atoms with E-state index in [1.165, 1.54) is 10.4 Å². The zero-order valence-corrected chi connectivity index (χ0v) is 13.7. The molecule has 1 aliphatic heterocycles. The van der Waals surface area contributed by atoms with E-state index in [0.29, 0.717) is 6.04 Å². The quantitative estimate of drug-likeness (QED) is 0.888. The first-order chi connectivity index (χ1) is 10.8. The third-order valence-corrected chi connectivity index (χ3v) is 5.20. The van der Waals surface area contributed by atoms with Crippen molar-refractivity contribution >= 4 is 11.3 Å². The highest BCUT2D eigenvalue weighted by Crippen LogP contribution is 2.19. The van der Waals surface area contributed by atoms with E-state index in [1.54, 1.807) is 0 Å². The monoisotopic (exact) mass is 316 g/mol. The second kappa shape index (κ2) is 7.88. The third kappa shape index (κ3) is 4.17. The fourth-order valence-electron chi connectivity index (χ4n) is 3.17. The highest BCUT2D eigenvalue weighted by atomic mass is 32.1. The zero-order valence-electron chi connectivity index (χ0n) is 12.9. The van der Waals surface area contributed by atoms with Gasteiger partial charge in [-0.1, -0.05) is 36.4 Å². The van der Waals surface area contributed by atoms with Crippen molar-refractivity contribution < 1.29 is 5.11 Å². The Bertz CT molecular complexity index is 543. The van der Waals surface area contributed by atoms with E-state index in [4.69, 9.17) is 0 Å². The highest BCUT2D eigenvalue weighted by molar-refractivity contribution is 7.09. The Morgan fingerprint density at radius 1 is 1.05 bits per heavy atom. The van der Waals surface area contributed by atoms with Gasteiger partial charge in [-0.25, -0.2) is 0 Å². The summed E-state index contributed by atoms with van der Waals surface area (Å²) >= 11 is 1.83. The van der Waals surface area contributed by atoms with Crippen molar-refractivity contribution in [2.24, 2.45) is 0 Å². The lowest BCUT2D eigenvalue weighted by atomic mass is 10.1. The first kappa shape index (κ1) is 15.7. The number of hydrogen-bond donors (Lipinski definition) is 1. The summed E-state index contributed by atoms with van der Waals surface area (Å²) in [5.41, 5.74) is 1.36. The molecule has 4 heteroatoms. The number of piperazine rings is 1. The van der Waals surface area contributed by atoms with E-state index >= 15 is 0 Å². The highest BCUT2D eigenvalue weighted by Gasteiger charge is 2.26. The van der Waals surface area contributed by atoms with Crippen LogP contribution in [0.2, 0.25) is 0 Å². The predicted molar refractivity (Wildman–Crippen MR) is 91.9 cm³/mol. The van der Waals surface area contributed by atoms with E-state index < -0.39 is 0 Å². The van der Waals surface area contributed by atoms with Crippen molar-refractivity contribution in [2.45, 2.75) is 25.6 Å². The Balaban J connectivity index is 1.60. The Kier molecular flexibility index (Phi) is 5.62. The van der Waals surface area contributed by atoms with Crippen molar-refractivity contribution in [1.82, 2.24) is 9.80 Å². The van der Waals surface area contributed by atoms with Crippen LogP contribution in [0.4, 0.5) is 0 Å². The molecule has 22 heavy (non-hydrogen) atoms. The Hall–Kier alpha value is -1.20. The number of hydrogen-bond acceptors (Lipinski definition) is 4. The topological polar surface area (TPSA) is 26.7 Å². The molecule has 1 saturated heterocycles. The van der Waals surface area contributed by atoms with Crippen LogP contribution in [-0.4, -0.2) is 47.2 Å². The van der Waals surface area contributed by atoms with Crippen molar-refractivity contribution in [2.75, 3.05) is 26.2 Å². The molecule has 1 N–H and O–H groups in total. The van der Waals surface area contributed by atoms with Crippen LogP contribution in [0.5, 0.6) is 0 Å². The molecule has 1 aromatic carbocycles. The lowest BCUT2D eigenvalue weighted by molar-refractivity contribution is 0.0504. The molecular formula is C18H24N2OS. The smallest absolute Gasteiger partial charge is 0.0446 e. The third-order valence-electron chi connectivity index (χ3n) is 4.34. The Labute approximate surface area is 136 Å². The minimum Gasteiger partial charge on any atom is -0.396 e. The van der Waals surface area contributed by atoms with E-state index in [0.717, 1.165) is 39.1 Å². The summed E-state index contributed by atoms with van der Waals surface area (Å²) in [5.74, 6) is 0. The van der Waals surface area contributed by atoms with Gasteiger partial charge in [-0.05, 0) is 23.4 Å². The van der Waals surface area contributed by atoms with Gasteiger partial charge in [0.05, 0.1) is 0 Å². The number of aliphatic hydroxyl groups excluding tert-OH is 1. The van der Waals surface area contributed by atoms with Gasteiger partial charge < -0.3 is 5.11 Å². The number of rotatable bonds is 6. The van der Waals surface area contributed by atoms with Crippen LogP contribution in [0.3, 0.4) is 0 Å². The number of nitrogens with zero attached hydrogens (tertiary/aromatic N) is 2. The maximum absolute atomic E-state index is 9.40. The molecule has 0 aliphatic carbocycles. The standard InChI is InChI=1S/C18H24N2OS/c21-11-8-17-14-19(15-18-7-4-12-22-18)9-10-20(17)13-16-5-2-1-3-6-16/h1-7,12,17,21H,8-11,13-15H2/t17-/m0/s1. The van der Waals surface area contributed by atoms with Gasteiger partial charge in [0.2, 0.25) is 0 Å². The Morgan fingerprint density at radius 2 is 1.91 bits per heavy atom. The molecule has 1 atom stereocenters. The molecule has 118 valence electrons. The molecule has 0 amide bonds. The lowest BCUT2D eigenvalue weighted by Crippen LogP contribution is -2.52. The molecule has 0 unspecified atom stereocenters. The van der Waals surface area contributed by atoms with Gasteiger partial charge in [-0.15, -0.1) is 11.3 Å². The maximum Gasteiger partial charge on any atom is 0.0446 e. The summed E-state index contributed by atoms with van der Waals surface area (Å²) in [7, 11) is 0. The molecule has 1 aliphatic rings. The summed E-state index contributed by atoms with van der Waals surface area (Å²) < 4.78 is 0. The molecule has 2 aromatic rings. The average molecular weight is 316 g/mol. The zero-order chi connectivity index (χ0) is 15.2. The van der Waals surface area contributed by atoms with Gasteiger partial charge in [0.15, 0.2) is 0 Å². The summed E-state index contributed by atoms with van der Waals surface area (Å²) in [6.07, 6.45) is 0.855. The second-order valence-electron chi connectivity index (χ2n) is 5.94. The second-order valence-corrected chi connectivity index (χ2v) is 6.97. The van der Waals surface area contributed by atoms with Gasteiger partial charge in [-0.3, -0.25) is 9.80 Å². The van der Waals surface area contributed by atoms with Crippen molar-refractivity contribution in [3.05, 3.63) is 58.3 Å². The van der Waals surface area contributed by atoms with Crippen LogP contribution >= 0.6 is 11.3 Å². The number of benzene rings is 1. The van der Waals surface area contributed by atoms with Gasteiger partial charge in [0.1, 0.15) is 0 Å². The normalized spacial score (nSPS) is 20.3. The maximum atomic E-state index is 9.40. The van der Waals surface area contributed by atoms with E-state index in [2.05, 4.69) is 57.6 Å². The van der Waals surface area contributed by atoms with Gasteiger partial charge in [0, 0.05) is 50.2 Å². The summed E-state index contributed by atoms with van der Waals surface area (Å²) in [6.45, 7) is 5.52. The number of thiophene rings is 1. The van der Waals surface area contributed by atoms with E-state index in [1.807, 2.05) is 11.3 Å². The van der Waals surface area contributed by atoms with E-state index in [-0.39, 0.29) is 6.61 Å². The van der Waals surface area contributed by atoms with Crippen LogP contribution in [-0.2, 0) is 13.1 Å². The first-order valence-corrected chi connectivity index (χ1v) is 8.86. The largest absolute Gasteiger partial charge is 0.396 e. The van der Waals surface area contributed by atoms with Crippen LogP contribution in [0.15, 0.2) is 47.8 Å². The minimum atomic E-state index is 0.267. The first-order valence-electron chi connectivity index (χ1n) is 7.99. The van der Waals surface area contributed by atoms with Crippen LogP contribution in [0, 0.1) is 0 Å². The summed E-state index contributed by atoms with van der Waals surface area (Å²) in [5, 5.41) is 11.5. The molecule has 0 spiro atoms. The number of aliphatic hydroxyl groups is 1. The van der Waals surface area contributed by atoms with Crippen molar-refractivity contribution in [1.29, 1.82) is 0 Å². The molecule has 0 bridgehead atoms. The Morgan fingerprint density at radius 3 is 2.64 bits per heavy atom. The molecule has 3 rings (SSSR count). The average Bonchev–Trinajstić information content (AvgIpc) is 3.04. The lowest BCUT2D eigenvalue weighted by Gasteiger charge is -2.41. The molecule has 0 radical (unpaired) electrons. The summed E-state index contributed by atoms with van der Waals surface area (Å²) in [4.78, 5) is 6.48. The molecule has 1 aromatic heterocycles. The fourth-order valence-corrected chi connectivity index (χ4v) is 3.92. The summed E-state index contributed by atoms with van der Waals surface area (Å²) in [6, 6.07) is 15.4. The van der Waals surface area contributed by atoms with Crippen molar-refractivity contribution in [3.8, 4) is 0 Å². The van der Waals surface area contributed by atoms with E-state index in [9.17, 15) is 5.11 Å². The van der Waals surface area contributed by atoms with Crippen molar-refractivity contribution in [3.63, 3.8) is 0 Å². The molecular weight excluding hydrogens is 292 g/mol. The van der Waals surface area contributed by atoms with Crippen LogP contribution in [0.1, 0.15) is 16.9 Å². The van der Waals surface area contributed by atoms with Gasteiger partial charge in [0.25, 0.3) is 0 Å². The SMILES string of the molecule is OCC[C@H]1CN(Cc2cccs2)CCN1Cc1ccccc1. The molecule has 1 fully saturated rings. The van der Waals surface area contributed by atoms with Gasteiger partial charge >= 0.3 is 0 Å². The fraction of sp³-hybridized carbons (Fsp3) is 0.444. The molecule has 3 nitrogen and oxygen atoms in total. The van der Waals surface area contributed by atoms with Crippen LogP contribution in [0.25, 0.3) is 0 Å². The predicted octanol–water partition coefficient (Wildman–Crippen LogP) is 2.82.